The van der Waals surface area contributed by atoms with Crippen LogP contribution >= 0.6 is 0 Å². The average Bonchev–Trinajstić information content (AvgIpc) is 3.50. The van der Waals surface area contributed by atoms with Crippen LogP contribution in [0.25, 0.3) is 32.7 Å². The number of nitrogens with one attached hydrogen (secondary N) is 2. The van der Waals surface area contributed by atoms with E-state index in [4.69, 9.17) is 18.9 Å². The molecule has 6 aromatic rings. The van der Waals surface area contributed by atoms with Crippen molar-refractivity contribution in [1.29, 1.82) is 0 Å². The normalized spacial score (nSPS) is 14.4. The van der Waals surface area contributed by atoms with E-state index < -0.39 is 23.9 Å². The molecule has 2 amide bonds. The van der Waals surface area contributed by atoms with Crippen LogP contribution in [-0.2, 0) is 43.0 Å². The molecule has 2 unspecified atom stereocenters. The van der Waals surface area contributed by atoms with E-state index in [9.17, 15) is 38.4 Å². The number of benzene rings is 6. The van der Waals surface area contributed by atoms with Gasteiger partial charge in [-0.15, -0.1) is 0 Å². The molecule has 2 atom stereocenters. The van der Waals surface area contributed by atoms with Gasteiger partial charge in [-0.05, 0) is 97.4 Å². The highest BCUT2D eigenvalue weighted by Gasteiger charge is 2.33. The summed E-state index contributed by atoms with van der Waals surface area (Å²) in [5, 5.41) is 8.76. The second-order valence-electron chi connectivity index (χ2n) is 18.1. The average molecular weight is 1020 g/mol. The number of fused-ring (bicyclic) bond motifs is 4. The van der Waals surface area contributed by atoms with Crippen LogP contribution < -0.4 is 15.4 Å². The molecule has 0 aromatic heterocycles. The predicted octanol–water partition coefficient (Wildman–Crippen LogP) is 10.3. The summed E-state index contributed by atoms with van der Waals surface area (Å²) in [6, 6.07) is 37.6. The first-order valence-corrected chi connectivity index (χ1v) is 24.8. The summed E-state index contributed by atoms with van der Waals surface area (Å²) in [5.41, 5.74) is 7.77. The van der Waals surface area contributed by atoms with Crippen LogP contribution in [0.15, 0.2) is 170 Å². The van der Waals surface area contributed by atoms with Crippen molar-refractivity contribution in [2.45, 2.75) is 51.4 Å². The lowest BCUT2D eigenvalue weighted by atomic mass is 9.74. The van der Waals surface area contributed by atoms with Crippen LogP contribution in [0.1, 0.15) is 94.3 Å². The Bertz CT molecular complexity index is 3240. The van der Waals surface area contributed by atoms with Crippen molar-refractivity contribution < 1.29 is 57.3 Å². The van der Waals surface area contributed by atoms with Crippen molar-refractivity contribution in [3.05, 3.63) is 203 Å². The monoisotopic (exact) mass is 1020 g/mol. The predicted molar refractivity (Wildman–Crippen MR) is 288 cm³/mol. The summed E-state index contributed by atoms with van der Waals surface area (Å²) in [5.74, 6) is -3.78. The lowest BCUT2D eigenvalue weighted by molar-refractivity contribution is -0.151. The maximum atomic E-state index is 14.5. The van der Waals surface area contributed by atoms with Crippen LogP contribution in [0.5, 0.6) is 5.75 Å². The second kappa shape index (κ2) is 24.2. The highest BCUT2D eigenvalue weighted by atomic mass is 16.6. The Balaban J connectivity index is 1.00. The van der Waals surface area contributed by atoms with E-state index in [-0.39, 0.29) is 87.3 Å². The van der Waals surface area contributed by atoms with Crippen molar-refractivity contribution in [3.63, 3.8) is 0 Å². The third kappa shape index (κ3) is 12.5. The van der Waals surface area contributed by atoms with E-state index in [1.807, 2.05) is 129 Å². The Morgan fingerprint density at radius 3 is 1.59 bits per heavy atom. The maximum absolute atomic E-state index is 14.5. The van der Waals surface area contributed by atoms with Gasteiger partial charge in [-0.25, -0.2) is 4.79 Å². The van der Waals surface area contributed by atoms with Crippen molar-refractivity contribution >= 4 is 85.6 Å². The van der Waals surface area contributed by atoms with Crippen LogP contribution in [0.4, 0.5) is 5.69 Å². The molecule has 6 aromatic carbocycles. The second-order valence-corrected chi connectivity index (χ2v) is 18.1. The first-order chi connectivity index (χ1) is 36.7. The molecular weight excluding hydrogens is 965 g/mol. The van der Waals surface area contributed by atoms with Crippen LogP contribution in [0.3, 0.4) is 0 Å². The minimum Gasteiger partial charge on any atom is -0.464 e. The van der Waals surface area contributed by atoms with E-state index in [0.717, 1.165) is 67.1 Å². The lowest BCUT2D eigenvalue weighted by Gasteiger charge is -2.28. The molecule has 384 valence electrons. The molecule has 76 heavy (non-hydrogen) atoms. The molecule has 0 radical (unpaired) electrons. The zero-order chi connectivity index (χ0) is 53.9. The Hall–Kier alpha value is -9.30. The number of carbonyl (C=O) groups excluding carboxylic acids is 8. The highest BCUT2D eigenvalue weighted by molar-refractivity contribution is 6.24. The fourth-order valence-electron chi connectivity index (χ4n) is 9.11. The van der Waals surface area contributed by atoms with Crippen LogP contribution in [0.2, 0.25) is 0 Å². The number of anilines is 1. The molecule has 0 saturated carbocycles. The molecule has 0 heterocycles. The number of esters is 4. The number of allylic oxidation sites excluding steroid dienone is 6. The van der Waals surface area contributed by atoms with E-state index in [1.54, 1.807) is 18.2 Å². The summed E-state index contributed by atoms with van der Waals surface area (Å²) in [6.07, 6.45) is 5.41. The SMILES string of the molecule is C=CC(=O)NCCOC(=O)CCC(=O)Nc1ccc2cc(C(C)C3=C/C(=C4/C=C(C(C)c5ccc6cc(OC(=O)CCC(=O)OCCOC(=O)C=C)ccc6c5)C(=O)c5ccccc54)c4ccccc4C3=O)ccc2c1. The summed E-state index contributed by atoms with van der Waals surface area (Å²) in [6.45, 7) is 10.5. The molecule has 2 N–H and O–H groups in total. The van der Waals surface area contributed by atoms with Gasteiger partial charge in [0, 0.05) is 52.3 Å². The standard InChI is InChI=1S/C62H54N2O12/c1-5-55(65)63-27-28-73-58(68)24-23-56(66)64-45-21-19-41-31-39(15-17-43(41)33-45)37(3)51-35-53(47-11-7-9-13-49(47)61(51)71)54-36-52(62(72)50-14-10-8-12-48(50)54)38(4)40-16-18-44-34-46(22-20-42(44)32-40)76-60(70)26-25-59(69)75-30-29-74-57(67)6-2/h5-22,31-38H,1-2,23-30H2,3-4H3,(H,63,65)(H,64,66)/b54-53+. The number of amides is 2. The fraction of sp³-hybridized carbons (Fsp3) is 0.194. The van der Waals surface area contributed by atoms with Crippen molar-refractivity contribution in [2.75, 3.05) is 31.7 Å². The molecule has 0 spiro atoms. The fourth-order valence-corrected chi connectivity index (χ4v) is 9.11. The number of hydrogen-bond donors (Lipinski definition) is 2. The molecule has 2 aliphatic rings. The van der Waals surface area contributed by atoms with Gasteiger partial charge >= 0.3 is 23.9 Å². The Morgan fingerprint density at radius 2 is 1.01 bits per heavy atom. The van der Waals surface area contributed by atoms with Gasteiger partial charge in [-0.1, -0.05) is 124 Å². The van der Waals surface area contributed by atoms with Crippen molar-refractivity contribution in [2.24, 2.45) is 0 Å². The molecule has 2 aliphatic carbocycles. The number of Topliss-reactive ketones (excluding diaryl/α,β-unsaturated/α-hetero) is 2. The third-order valence-electron chi connectivity index (χ3n) is 13.2. The van der Waals surface area contributed by atoms with E-state index >= 15 is 0 Å². The topological polar surface area (TPSA) is 198 Å². The first kappa shape index (κ1) is 53.0. The molecule has 0 bridgehead atoms. The van der Waals surface area contributed by atoms with Gasteiger partial charge in [0.1, 0.15) is 25.6 Å². The summed E-state index contributed by atoms with van der Waals surface area (Å²) < 4.78 is 20.4. The smallest absolute Gasteiger partial charge is 0.330 e. The quantitative estimate of drug-likeness (QED) is 0.0242. The van der Waals surface area contributed by atoms with Gasteiger partial charge in [0.05, 0.1) is 25.8 Å². The zero-order valence-electron chi connectivity index (χ0n) is 42.0. The lowest BCUT2D eigenvalue weighted by Crippen LogP contribution is -2.26. The highest BCUT2D eigenvalue weighted by Crippen LogP contribution is 2.45. The molecule has 0 aliphatic heterocycles. The van der Waals surface area contributed by atoms with E-state index in [0.29, 0.717) is 33.7 Å². The Morgan fingerprint density at radius 1 is 0.526 bits per heavy atom. The summed E-state index contributed by atoms with van der Waals surface area (Å²) in [4.78, 5) is 101. The first-order valence-electron chi connectivity index (χ1n) is 24.8. The van der Waals surface area contributed by atoms with Gasteiger partial charge < -0.3 is 29.6 Å². The molecule has 8 rings (SSSR count). The molecule has 0 fully saturated rings. The van der Waals surface area contributed by atoms with E-state index in [2.05, 4.69) is 23.8 Å². The minimum atomic E-state index is -0.635. The molecular formula is C62H54N2O12. The number of rotatable bonds is 20. The Kier molecular flexibility index (Phi) is 16.8. The van der Waals surface area contributed by atoms with Gasteiger partial charge in [0.15, 0.2) is 11.6 Å². The zero-order valence-corrected chi connectivity index (χ0v) is 42.0. The summed E-state index contributed by atoms with van der Waals surface area (Å²) in [7, 11) is 0. The summed E-state index contributed by atoms with van der Waals surface area (Å²) >= 11 is 0. The van der Waals surface area contributed by atoms with Gasteiger partial charge in [-0.2, -0.15) is 0 Å². The number of carbonyl (C=O) groups is 8. The van der Waals surface area contributed by atoms with Crippen molar-refractivity contribution in [1.82, 2.24) is 5.32 Å². The van der Waals surface area contributed by atoms with Crippen LogP contribution in [-0.4, -0.2) is 73.6 Å². The van der Waals surface area contributed by atoms with Gasteiger partial charge in [0.2, 0.25) is 11.8 Å². The Labute approximate surface area is 438 Å². The number of ketones is 2. The van der Waals surface area contributed by atoms with Gasteiger partial charge in [-0.3, -0.25) is 33.6 Å². The number of hydrogen-bond acceptors (Lipinski definition) is 12. The third-order valence-corrected chi connectivity index (χ3v) is 13.2. The van der Waals surface area contributed by atoms with Crippen molar-refractivity contribution in [3.8, 4) is 5.75 Å². The molecule has 0 saturated heterocycles. The van der Waals surface area contributed by atoms with Gasteiger partial charge in [0.25, 0.3) is 0 Å². The largest absolute Gasteiger partial charge is 0.464 e. The van der Waals surface area contributed by atoms with E-state index in [1.165, 1.54) is 0 Å². The van der Waals surface area contributed by atoms with Crippen LogP contribution in [0, 0.1) is 0 Å². The number of ether oxygens (including phenoxy) is 4. The maximum Gasteiger partial charge on any atom is 0.330 e. The molecule has 14 nitrogen and oxygen atoms in total. The minimum absolute atomic E-state index is 0.0178. The molecule has 14 heteroatoms.